The molecule has 11 heteroatoms. The van der Waals surface area contributed by atoms with Crippen molar-refractivity contribution in [3.63, 3.8) is 0 Å². The molecule has 2 N–H and O–H groups in total. The molecule has 196 valence electrons. The number of sulfone groups is 1. The van der Waals surface area contributed by atoms with E-state index in [4.69, 9.17) is 0 Å². The highest BCUT2D eigenvalue weighted by molar-refractivity contribution is 7.92. The molecular formula is C27H23NO7S3. The predicted molar refractivity (Wildman–Crippen MR) is 146 cm³/mol. The number of hydrogen-bond donors (Lipinski definition) is 2. The van der Waals surface area contributed by atoms with Crippen LogP contribution in [0.4, 0.5) is 5.69 Å². The van der Waals surface area contributed by atoms with Crippen LogP contribution in [0, 0.1) is 0 Å². The molecule has 4 aromatic rings. The molecule has 0 saturated heterocycles. The second-order valence-electron chi connectivity index (χ2n) is 8.29. The Hall–Kier alpha value is -3.77. The molecule has 0 aromatic heterocycles. The molecule has 0 radical (unpaired) electrons. The average Bonchev–Trinajstić information content (AvgIpc) is 2.89. The number of rotatable bonds is 9. The molecule has 4 aromatic carbocycles. The molecule has 0 amide bonds. The average molecular weight is 570 g/mol. The first-order chi connectivity index (χ1) is 17.9. The Morgan fingerprint density at radius 3 is 1.82 bits per heavy atom. The van der Waals surface area contributed by atoms with Gasteiger partial charge in [-0.2, -0.15) is 8.42 Å². The molecule has 4 rings (SSSR count). The highest BCUT2D eigenvalue weighted by Crippen LogP contribution is 2.25. The van der Waals surface area contributed by atoms with Crippen LogP contribution in [0.5, 0.6) is 0 Å². The van der Waals surface area contributed by atoms with Crippen LogP contribution in [0.1, 0.15) is 16.7 Å². The van der Waals surface area contributed by atoms with Gasteiger partial charge in [0.2, 0.25) is 0 Å². The van der Waals surface area contributed by atoms with Gasteiger partial charge >= 0.3 is 0 Å². The minimum absolute atomic E-state index is 0.00241. The van der Waals surface area contributed by atoms with E-state index in [-0.39, 0.29) is 26.8 Å². The van der Waals surface area contributed by atoms with Crippen molar-refractivity contribution in [2.75, 3.05) is 4.72 Å². The fraction of sp³-hybridized carbons (Fsp3) is 0.0370. The topological polar surface area (TPSA) is 135 Å². The molecule has 0 aliphatic rings. The van der Waals surface area contributed by atoms with Crippen molar-refractivity contribution in [3.8, 4) is 0 Å². The summed E-state index contributed by atoms with van der Waals surface area (Å²) in [5, 5.41) is 0. The second-order valence-corrected chi connectivity index (χ2v) is 13.4. The molecule has 0 fully saturated rings. The van der Waals surface area contributed by atoms with Crippen molar-refractivity contribution in [3.05, 3.63) is 120 Å². The van der Waals surface area contributed by atoms with Gasteiger partial charge in [0.1, 0.15) is 4.90 Å². The molecule has 8 nitrogen and oxygen atoms in total. The van der Waals surface area contributed by atoms with Gasteiger partial charge in [-0.3, -0.25) is 9.27 Å². The Labute approximate surface area is 222 Å². The highest BCUT2D eigenvalue weighted by atomic mass is 32.2. The van der Waals surface area contributed by atoms with Gasteiger partial charge in [0.25, 0.3) is 20.1 Å². The first-order valence-corrected chi connectivity index (χ1v) is 15.8. The van der Waals surface area contributed by atoms with E-state index in [1.54, 1.807) is 66.7 Å². The van der Waals surface area contributed by atoms with Gasteiger partial charge in [-0.05, 0) is 53.1 Å². The Balaban J connectivity index is 1.55. The normalized spacial score (nSPS) is 12.4. The summed E-state index contributed by atoms with van der Waals surface area (Å²) in [4.78, 5) is -0.249. The van der Waals surface area contributed by atoms with Crippen LogP contribution in [-0.2, 0) is 35.7 Å². The van der Waals surface area contributed by atoms with Gasteiger partial charge in [0.15, 0.2) is 9.84 Å². The zero-order valence-corrected chi connectivity index (χ0v) is 22.2. The fourth-order valence-corrected chi connectivity index (χ4v) is 6.76. The van der Waals surface area contributed by atoms with Gasteiger partial charge in [0, 0.05) is 0 Å². The highest BCUT2D eigenvalue weighted by Gasteiger charge is 2.19. The van der Waals surface area contributed by atoms with Crippen LogP contribution in [0.15, 0.2) is 118 Å². The minimum Gasteiger partial charge on any atom is -0.282 e. The van der Waals surface area contributed by atoms with Crippen molar-refractivity contribution in [2.45, 2.75) is 20.4 Å². The third-order valence-corrected chi connectivity index (χ3v) is 9.50. The fourth-order valence-electron chi connectivity index (χ4n) is 3.61. The van der Waals surface area contributed by atoms with Crippen molar-refractivity contribution in [1.29, 1.82) is 0 Å². The van der Waals surface area contributed by atoms with Gasteiger partial charge < -0.3 is 0 Å². The summed E-state index contributed by atoms with van der Waals surface area (Å²) in [5.74, 6) is -0.172. The van der Waals surface area contributed by atoms with E-state index in [0.29, 0.717) is 11.1 Å². The summed E-state index contributed by atoms with van der Waals surface area (Å²) < 4.78 is 86.5. The van der Waals surface area contributed by atoms with E-state index in [0.717, 1.165) is 6.07 Å². The van der Waals surface area contributed by atoms with Crippen molar-refractivity contribution < 1.29 is 29.8 Å². The lowest BCUT2D eigenvalue weighted by Crippen LogP contribution is -2.13. The third kappa shape index (κ3) is 6.75. The maximum Gasteiger partial charge on any atom is 0.295 e. The lowest BCUT2D eigenvalue weighted by Gasteiger charge is -2.11. The number of nitrogens with one attached hydrogen (secondary N) is 1. The smallest absolute Gasteiger partial charge is 0.282 e. The lowest BCUT2D eigenvalue weighted by molar-refractivity contribution is 0.483. The molecule has 38 heavy (non-hydrogen) atoms. The van der Waals surface area contributed by atoms with E-state index in [9.17, 15) is 29.8 Å². The van der Waals surface area contributed by atoms with E-state index in [1.807, 2.05) is 0 Å². The first-order valence-electron chi connectivity index (χ1n) is 11.2. The van der Waals surface area contributed by atoms with Crippen LogP contribution in [0.2, 0.25) is 0 Å². The molecule has 0 aliphatic carbocycles. The minimum atomic E-state index is -4.69. The number of anilines is 1. The lowest BCUT2D eigenvalue weighted by atomic mass is 10.1. The molecule has 0 unspecified atom stereocenters. The summed E-state index contributed by atoms with van der Waals surface area (Å²) in [6.45, 7) is 0. The Kier molecular flexibility index (Phi) is 7.83. The summed E-state index contributed by atoms with van der Waals surface area (Å²) in [5.41, 5.74) is 1.33. The summed E-state index contributed by atoms with van der Waals surface area (Å²) in [6.07, 6.45) is 3.04. The Bertz CT molecular complexity index is 1780. The molecular weight excluding hydrogens is 546 g/mol. The van der Waals surface area contributed by atoms with Gasteiger partial charge in [-0.25, -0.2) is 16.8 Å². The molecule has 0 saturated carbocycles. The second kappa shape index (κ2) is 10.9. The predicted octanol–water partition coefficient (Wildman–Crippen LogP) is 4.88. The standard InChI is InChI=1S/C27H23NO7S3/c29-36(30,25-7-3-1-4-8-25)20-22-13-11-21(12-14-22)15-16-23-17-18-24(19-27(23)38(33,34)35)28-37(31,32)26-9-5-2-6-10-26/h1-19,28H,20H2,(H,33,34,35)/b16-15+. The van der Waals surface area contributed by atoms with Gasteiger partial charge in [-0.1, -0.05) is 78.9 Å². The number of benzene rings is 4. The van der Waals surface area contributed by atoms with E-state index in [2.05, 4.69) is 4.72 Å². The van der Waals surface area contributed by atoms with E-state index in [1.165, 1.54) is 42.5 Å². The van der Waals surface area contributed by atoms with Crippen molar-refractivity contribution in [2.24, 2.45) is 0 Å². The van der Waals surface area contributed by atoms with Crippen molar-refractivity contribution in [1.82, 2.24) is 0 Å². The third-order valence-electron chi connectivity index (χ3n) is 5.49. The first kappa shape index (κ1) is 27.3. The Morgan fingerprint density at radius 1 is 0.658 bits per heavy atom. The maximum absolute atomic E-state index is 12.6. The zero-order chi connectivity index (χ0) is 27.4. The monoisotopic (exact) mass is 569 g/mol. The zero-order valence-electron chi connectivity index (χ0n) is 19.8. The molecule has 0 heterocycles. The summed E-state index contributed by atoms with van der Waals surface area (Å²) in [7, 11) is -12.2. The quantitative estimate of drug-likeness (QED) is 0.217. The van der Waals surface area contributed by atoms with Crippen LogP contribution >= 0.6 is 0 Å². The summed E-state index contributed by atoms with van der Waals surface area (Å²) in [6, 6.07) is 26.2. The van der Waals surface area contributed by atoms with Crippen LogP contribution in [0.25, 0.3) is 12.2 Å². The van der Waals surface area contributed by atoms with E-state index >= 15 is 0 Å². The maximum atomic E-state index is 12.6. The van der Waals surface area contributed by atoms with Crippen LogP contribution in [-0.4, -0.2) is 29.8 Å². The SMILES string of the molecule is O=S(=O)(O)c1cc(NS(=O)(=O)c2ccccc2)ccc1/C=C/c1ccc(CS(=O)(=O)c2ccccc2)cc1. The van der Waals surface area contributed by atoms with E-state index < -0.39 is 34.9 Å². The molecule has 0 atom stereocenters. The van der Waals surface area contributed by atoms with Gasteiger partial charge in [-0.15, -0.1) is 0 Å². The molecule has 0 spiro atoms. The van der Waals surface area contributed by atoms with Gasteiger partial charge in [0.05, 0.1) is 21.2 Å². The largest absolute Gasteiger partial charge is 0.295 e. The molecule has 0 bridgehead atoms. The molecule has 0 aliphatic heterocycles. The van der Waals surface area contributed by atoms with Crippen molar-refractivity contribution >= 4 is 47.8 Å². The van der Waals surface area contributed by atoms with Crippen LogP contribution < -0.4 is 4.72 Å². The van der Waals surface area contributed by atoms with Crippen LogP contribution in [0.3, 0.4) is 0 Å². The summed E-state index contributed by atoms with van der Waals surface area (Å²) >= 11 is 0. The Morgan fingerprint density at radius 2 is 1.24 bits per heavy atom. The number of hydrogen-bond acceptors (Lipinski definition) is 6. The number of sulfonamides is 1.